The maximum atomic E-state index is 12.3. The zero-order chi connectivity index (χ0) is 34.9. The summed E-state index contributed by atoms with van der Waals surface area (Å²) in [6.45, 7) is 7.61. The molecule has 2 N–H and O–H groups in total. The number of esters is 2. The number of carbonyl (C=O) groups is 2. The number of aliphatic hydroxyl groups excluding tert-OH is 1. The minimum Gasteiger partial charge on any atom is -0.496 e. The van der Waals surface area contributed by atoms with Gasteiger partial charge in [-0.05, 0) is 55.5 Å². The van der Waals surface area contributed by atoms with E-state index in [0.29, 0.717) is 13.0 Å². The molecule has 7 unspecified atom stereocenters. The number of methoxy groups -OCH3 is 2. The first-order valence-corrected chi connectivity index (χ1v) is 17.9. The Kier molecular flexibility index (Phi) is 8.32. The summed E-state index contributed by atoms with van der Waals surface area (Å²) in [7, 11) is 5.24. The number of allylic oxidation sites excluding steroid dienone is 1. The second-order valence-electron chi connectivity index (χ2n) is 14.9. The third-order valence-electron chi connectivity index (χ3n) is 12.3. The second kappa shape index (κ2) is 12.6. The van der Waals surface area contributed by atoms with E-state index < -0.39 is 12.2 Å². The fourth-order valence-electron chi connectivity index (χ4n) is 10.5. The quantitative estimate of drug-likeness (QED) is 0.269. The minimum absolute atomic E-state index is 0.0803. The smallest absolute Gasteiger partial charge is 0.305 e. The number of likely N-dealkylation sites (tertiary alicyclic amines) is 1. The lowest BCUT2D eigenvalue weighted by Crippen LogP contribution is -2.69. The number of aromatic nitrogens is 1. The fourth-order valence-corrected chi connectivity index (χ4v) is 10.5. The van der Waals surface area contributed by atoms with E-state index in [2.05, 4.69) is 88.3 Å². The molecule has 0 radical (unpaired) electrons. The zero-order valence-electron chi connectivity index (χ0n) is 29.6. The van der Waals surface area contributed by atoms with E-state index in [4.69, 9.17) is 14.2 Å². The van der Waals surface area contributed by atoms with Crippen molar-refractivity contribution in [3.05, 3.63) is 71.3 Å². The Morgan fingerprint density at radius 2 is 1.98 bits per heavy atom. The monoisotopic (exact) mass is 680 g/mol. The number of benzene rings is 2. The van der Waals surface area contributed by atoms with Crippen LogP contribution in [0.3, 0.4) is 0 Å². The first kappa shape index (κ1) is 33.0. The predicted octanol–water partition coefficient (Wildman–Crippen LogP) is 4.80. The minimum atomic E-state index is -0.865. The van der Waals surface area contributed by atoms with Gasteiger partial charge in [0.1, 0.15) is 18.0 Å². The van der Waals surface area contributed by atoms with Gasteiger partial charge in [-0.25, -0.2) is 0 Å². The molecule has 1 saturated carbocycles. The van der Waals surface area contributed by atoms with Crippen molar-refractivity contribution in [2.45, 2.75) is 69.4 Å². The highest BCUT2D eigenvalue weighted by atomic mass is 16.6. The number of fused-ring (bicyclic) bond motifs is 2. The van der Waals surface area contributed by atoms with E-state index in [1.54, 1.807) is 7.11 Å². The van der Waals surface area contributed by atoms with Gasteiger partial charge in [0.2, 0.25) is 0 Å². The third-order valence-corrected chi connectivity index (χ3v) is 12.3. The number of rotatable bonds is 7. The average Bonchev–Trinajstić information content (AvgIpc) is 3.76. The van der Waals surface area contributed by atoms with E-state index in [1.807, 2.05) is 0 Å². The van der Waals surface area contributed by atoms with Gasteiger partial charge in [-0.2, -0.15) is 0 Å². The lowest BCUT2D eigenvalue weighted by atomic mass is 9.58. The van der Waals surface area contributed by atoms with Crippen LogP contribution in [0, 0.1) is 11.8 Å². The maximum absolute atomic E-state index is 12.3. The molecule has 3 fully saturated rings. The molecule has 2 aromatic carbocycles. The molecule has 8 rings (SSSR count). The number of likely N-dealkylation sites (N-methyl/N-ethyl adjacent to an activating group) is 1. The topological polar surface area (TPSA) is 108 Å². The lowest BCUT2D eigenvalue weighted by Gasteiger charge is -2.54. The number of piperidine rings is 1. The summed E-state index contributed by atoms with van der Waals surface area (Å²) >= 11 is 0. The standard InChI is InChI=1S/C40H48N4O6/c1-6-24-16-25(17-34(46)49-5)21-43(20-24)22-29-26-10-7-8-12-31(26)41-35(29)28-18-30-32(19-33(28)48-4)42(3)39-36(47)37(50-23(2)45)27-11-9-14-44-15-13-40(30,39)38(27)44/h6-12,18-19,25,27,36-39,41,47H,13-17,20-22H2,1-5H3/b24-6+. The van der Waals surface area contributed by atoms with Crippen LogP contribution >= 0.6 is 0 Å². The van der Waals surface area contributed by atoms with Crippen LogP contribution in [0.15, 0.2) is 60.2 Å². The molecule has 50 heavy (non-hydrogen) atoms. The molecule has 5 aliphatic rings. The van der Waals surface area contributed by atoms with E-state index in [-0.39, 0.29) is 41.3 Å². The number of nitrogens with zero attached hydrogens (tertiary/aromatic N) is 3. The molecule has 0 amide bonds. The maximum Gasteiger partial charge on any atom is 0.305 e. The van der Waals surface area contributed by atoms with Crippen molar-refractivity contribution in [1.29, 1.82) is 0 Å². The molecule has 3 aromatic rings. The summed E-state index contributed by atoms with van der Waals surface area (Å²) in [4.78, 5) is 35.6. The molecule has 7 atom stereocenters. The number of hydrogen-bond donors (Lipinski definition) is 2. The molecule has 2 saturated heterocycles. The van der Waals surface area contributed by atoms with Crippen molar-refractivity contribution in [2.24, 2.45) is 11.8 Å². The van der Waals surface area contributed by atoms with Gasteiger partial charge in [-0.15, -0.1) is 0 Å². The Labute approximate surface area is 293 Å². The molecule has 10 nitrogen and oxygen atoms in total. The van der Waals surface area contributed by atoms with Crippen molar-refractivity contribution in [2.75, 3.05) is 52.3 Å². The van der Waals surface area contributed by atoms with Gasteiger partial charge >= 0.3 is 11.9 Å². The van der Waals surface area contributed by atoms with Gasteiger partial charge in [-0.1, -0.05) is 42.0 Å². The summed E-state index contributed by atoms with van der Waals surface area (Å²) in [5.74, 6) is 0.293. The molecule has 5 heterocycles. The number of hydrogen-bond acceptors (Lipinski definition) is 9. The summed E-state index contributed by atoms with van der Waals surface area (Å²) in [6, 6.07) is 12.7. The van der Waals surface area contributed by atoms with Crippen molar-refractivity contribution < 1.29 is 28.9 Å². The number of anilines is 1. The number of para-hydroxylation sites is 1. The Hall–Kier alpha value is -4.12. The van der Waals surface area contributed by atoms with Crippen LogP contribution in [0.4, 0.5) is 5.69 Å². The van der Waals surface area contributed by atoms with Crippen molar-refractivity contribution in [3.63, 3.8) is 0 Å². The van der Waals surface area contributed by atoms with Crippen LogP contribution in [0.2, 0.25) is 0 Å². The van der Waals surface area contributed by atoms with Crippen LogP contribution < -0.4 is 9.64 Å². The fraction of sp³-hybridized carbons (Fsp3) is 0.500. The van der Waals surface area contributed by atoms with Crippen molar-refractivity contribution >= 4 is 28.5 Å². The first-order valence-electron chi connectivity index (χ1n) is 17.9. The summed E-state index contributed by atoms with van der Waals surface area (Å²) in [5.41, 5.74) is 7.50. The van der Waals surface area contributed by atoms with Crippen LogP contribution in [-0.2, 0) is 31.0 Å². The van der Waals surface area contributed by atoms with Crippen LogP contribution in [0.1, 0.15) is 44.2 Å². The molecule has 1 aromatic heterocycles. The number of carbonyl (C=O) groups excluding carboxylic acids is 2. The van der Waals surface area contributed by atoms with Gasteiger partial charge in [0.05, 0.1) is 26.0 Å². The molecule has 10 heteroatoms. The molecular weight excluding hydrogens is 632 g/mol. The van der Waals surface area contributed by atoms with E-state index >= 15 is 0 Å². The van der Waals surface area contributed by atoms with Crippen molar-refractivity contribution in [1.82, 2.24) is 14.8 Å². The zero-order valence-corrected chi connectivity index (χ0v) is 29.6. The number of H-pyrrole nitrogens is 1. The van der Waals surface area contributed by atoms with Gasteiger partial charge < -0.3 is 29.2 Å². The first-order chi connectivity index (χ1) is 24.2. The molecule has 1 spiro atoms. The number of ether oxygens (including phenoxy) is 3. The summed E-state index contributed by atoms with van der Waals surface area (Å²) < 4.78 is 17.1. The highest BCUT2D eigenvalue weighted by Crippen LogP contribution is 2.61. The number of aliphatic hydroxyl groups is 1. The van der Waals surface area contributed by atoms with E-state index in [0.717, 1.165) is 72.6 Å². The van der Waals surface area contributed by atoms with Gasteiger partial charge in [-0.3, -0.25) is 19.4 Å². The Morgan fingerprint density at radius 3 is 2.74 bits per heavy atom. The second-order valence-corrected chi connectivity index (χ2v) is 14.9. The lowest BCUT2D eigenvalue weighted by molar-refractivity contribution is -0.166. The summed E-state index contributed by atoms with van der Waals surface area (Å²) in [6.07, 6.45) is 7.23. The molecule has 0 bridgehead atoms. The van der Waals surface area contributed by atoms with Gasteiger partial charge in [0.25, 0.3) is 0 Å². The predicted molar refractivity (Wildman–Crippen MR) is 192 cm³/mol. The highest BCUT2D eigenvalue weighted by molar-refractivity contribution is 5.93. The highest BCUT2D eigenvalue weighted by Gasteiger charge is 2.69. The summed E-state index contributed by atoms with van der Waals surface area (Å²) in [5, 5.41) is 13.3. The van der Waals surface area contributed by atoms with Crippen molar-refractivity contribution in [3.8, 4) is 17.0 Å². The van der Waals surface area contributed by atoms with Gasteiger partial charge in [0.15, 0.2) is 0 Å². The molecule has 1 aliphatic carbocycles. The Bertz CT molecular complexity index is 1900. The SMILES string of the molecule is C/C=C1\CC(CC(=O)OC)CN(Cc2c(-c3cc4c(cc3OC)N(C)C3C(O)C(OC(C)=O)C5C=CCN6CCC43C56)[nH]c3ccccc23)C1. The molecule has 4 aliphatic heterocycles. The molecule has 264 valence electrons. The van der Waals surface area contributed by atoms with Crippen LogP contribution in [-0.4, -0.2) is 104 Å². The van der Waals surface area contributed by atoms with Crippen LogP contribution in [0.25, 0.3) is 22.2 Å². The third kappa shape index (κ3) is 5.01. The number of nitrogens with one attached hydrogen (secondary N) is 1. The normalized spacial score (nSPS) is 31.1. The average molecular weight is 681 g/mol. The van der Waals surface area contributed by atoms with E-state index in [1.165, 1.54) is 30.7 Å². The Morgan fingerprint density at radius 1 is 1.16 bits per heavy atom. The molecular formula is C40H48N4O6. The largest absolute Gasteiger partial charge is 0.496 e. The van der Waals surface area contributed by atoms with Gasteiger partial charge in [0, 0.05) is 92.2 Å². The van der Waals surface area contributed by atoms with E-state index in [9.17, 15) is 14.7 Å². The Balaban J connectivity index is 1.25. The number of aromatic amines is 1. The van der Waals surface area contributed by atoms with Crippen LogP contribution in [0.5, 0.6) is 5.75 Å².